The standard InChI is InChI=1S/C22H22N2O4S3/c1-26-16-7-8-19(27-2)17(11-16)18-13-31-22(23-18)24-20(25)12-28-15-5-3-14(4-6-15)21-29-9-10-30-21/h3-8,11,13,21H,9-10,12H2,1-2H3,(H,23,24,25). The van der Waals surface area contributed by atoms with E-state index in [0.717, 1.165) is 5.56 Å². The van der Waals surface area contributed by atoms with Crippen LogP contribution in [0.3, 0.4) is 0 Å². The molecule has 0 bridgehead atoms. The van der Waals surface area contributed by atoms with Gasteiger partial charge in [0, 0.05) is 22.4 Å². The predicted molar refractivity (Wildman–Crippen MR) is 129 cm³/mol. The average molecular weight is 475 g/mol. The van der Waals surface area contributed by atoms with E-state index >= 15 is 0 Å². The first-order chi connectivity index (χ1) is 15.2. The number of anilines is 1. The first-order valence-electron chi connectivity index (χ1n) is 9.60. The summed E-state index contributed by atoms with van der Waals surface area (Å²) in [7, 11) is 3.22. The van der Waals surface area contributed by atoms with Crippen molar-refractivity contribution in [2.45, 2.75) is 4.58 Å². The first-order valence-corrected chi connectivity index (χ1v) is 12.6. The van der Waals surface area contributed by atoms with Crippen LogP contribution >= 0.6 is 34.9 Å². The second-order valence-corrected chi connectivity index (χ2v) is 10.2. The summed E-state index contributed by atoms with van der Waals surface area (Å²) >= 11 is 5.27. The van der Waals surface area contributed by atoms with E-state index in [0.29, 0.717) is 32.7 Å². The highest BCUT2D eigenvalue weighted by Crippen LogP contribution is 2.45. The second kappa shape index (κ2) is 10.3. The fourth-order valence-electron chi connectivity index (χ4n) is 3.05. The molecule has 1 saturated heterocycles. The monoisotopic (exact) mass is 474 g/mol. The van der Waals surface area contributed by atoms with Gasteiger partial charge in [-0.05, 0) is 35.9 Å². The van der Waals surface area contributed by atoms with E-state index in [-0.39, 0.29) is 12.5 Å². The zero-order valence-electron chi connectivity index (χ0n) is 17.1. The van der Waals surface area contributed by atoms with Crippen LogP contribution in [-0.4, -0.2) is 43.2 Å². The quantitative estimate of drug-likeness (QED) is 0.474. The molecule has 2 heterocycles. The van der Waals surface area contributed by atoms with Gasteiger partial charge < -0.3 is 14.2 Å². The molecule has 0 unspecified atom stereocenters. The van der Waals surface area contributed by atoms with Crippen molar-refractivity contribution >= 4 is 45.9 Å². The zero-order chi connectivity index (χ0) is 21.6. The lowest BCUT2D eigenvalue weighted by atomic mass is 10.1. The molecule has 9 heteroatoms. The SMILES string of the molecule is COc1ccc(OC)c(-c2csc(NC(=O)COc3ccc(C4SCCS4)cc3)n2)c1. The van der Waals surface area contributed by atoms with Crippen molar-refractivity contribution in [2.24, 2.45) is 0 Å². The fraction of sp³-hybridized carbons (Fsp3) is 0.273. The van der Waals surface area contributed by atoms with E-state index in [1.54, 1.807) is 14.2 Å². The summed E-state index contributed by atoms with van der Waals surface area (Å²) in [6.45, 7) is -0.0797. The molecule has 4 rings (SSSR count). The Morgan fingerprint density at radius 1 is 1.06 bits per heavy atom. The Balaban J connectivity index is 1.34. The summed E-state index contributed by atoms with van der Waals surface area (Å²) < 4.78 is 16.8. The lowest BCUT2D eigenvalue weighted by Gasteiger charge is -2.10. The second-order valence-electron chi connectivity index (χ2n) is 6.58. The van der Waals surface area contributed by atoms with Crippen LogP contribution in [0.5, 0.6) is 17.2 Å². The number of carbonyl (C=O) groups is 1. The van der Waals surface area contributed by atoms with Gasteiger partial charge in [0.25, 0.3) is 5.91 Å². The molecule has 6 nitrogen and oxygen atoms in total. The number of nitrogens with zero attached hydrogens (tertiary/aromatic N) is 1. The molecule has 1 aromatic heterocycles. The Hall–Kier alpha value is -2.36. The van der Waals surface area contributed by atoms with Crippen molar-refractivity contribution in [2.75, 3.05) is 37.6 Å². The van der Waals surface area contributed by atoms with Crippen LogP contribution in [0, 0.1) is 0 Å². The Morgan fingerprint density at radius 2 is 1.81 bits per heavy atom. The minimum atomic E-state index is -0.260. The average Bonchev–Trinajstić information content (AvgIpc) is 3.50. The number of hydrogen-bond donors (Lipinski definition) is 1. The van der Waals surface area contributed by atoms with Gasteiger partial charge in [-0.2, -0.15) is 0 Å². The van der Waals surface area contributed by atoms with Gasteiger partial charge in [0.15, 0.2) is 11.7 Å². The van der Waals surface area contributed by atoms with Gasteiger partial charge in [0.2, 0.25) is 0 Å². The van der Waals surface area contributed by atoms with E-state index in [9.17, 15) is 4.79 Å². The van der Waals surface area contributed by atoms with E-state index in [2.05, 4.69) is 22.4 Å². The molecule has 1 fully saturated rings. The van der Waals surface area contributed by atoms with Gasteiger partial charge in [0.05, 0.1) is 24.5 Å². The topological polar surface area (TPSA) is 69.7 Å². The number of aromatic nitrogens is 1. The van der Waals surface area contributed by atoms with Crippen LogP contribution in [0.25, 0.3) is 11.3 Å². The summed E-state index contributed by atoms with van der Waals surface area (Å²) in [4.78, 5) is 16.8. The van der Waals surface area contributed by atoms with Gasteiger partial charge in [-0.25, -0.2) is 4.98 Å². The molecule has 1 aliphatic rings. The summed E-state index contributed by atoms with van der Waals surface area (Å²) in [5.41, 5.74) is 2.79. The van der Waals surface area contributed by atoms with Gasteiger partial charge in [-0.1, -0.05) is 12.1 Å². The lowest BCUT2D eigenvalue weighted by molar-refractivity contribution is -0.118. The number of amides is 1. The maximum atomic E-state index is 12.3. The largest absolute Gasteiger partial charge is 0.497 e. The van der Waals surface area contributed by atoms with Crippen molar-refractivity contribution in [3.8, 4) is 28.5 Å². The molecule has 1 N–H and O–H groups in total. The Labute approximate surface area is 193 Å². The lowest BCUT2D eigenvalue weighted by Crippen LogP contribution is -2.20. The number of carbonyl (C=O) groups excluding carboxylic acids is 1. The third-order valence-electron chi connectivity index (χ3n) is 4.58. The van der Waals surface area contributed by atoms with E-state index in [1.807, 2.05) is 59.2 Å². The van der Waals surface area contributed by atoms with Gasteiger partial charge in [-0.15, -0.1) is 34.9 Å². The Morgan fingerprint density at radius 3 is 2.52 bits per heavy atom. The first kappa shape index (κ1) is 21.9. The fourth-order valence-corrected chi connectivity index (χ4v) is 6.63. The summed E-state index contributed by atoms with van der Waals surface area (Å²) in [6.07, 6.45) is 0. The molecule has 0 radical (unpaired) electrons. The van der Waals surface area contributed by atoms with Crippen LogP contribution in [0.15, 0.2) is 47.8 Å². The Kier molecular flexibility index (Phi) is 7.26. The number of methoxy groups -OCH3 is 2. The smallest absolute Gasteiger partial charge is 0.264 e. The zero-order valence-corrected chi connectivity index (χ0v) is 19.6. The van der Waals surface area contributed by atoms with E-state index < -0.39 is 0 Å². The molecule has 162 valence electrons. The molecular weight excluding hydrogens is 452 g/mol. The molecular formula is C22H22N2O4S3. The number of nitrogens with one attached hydrogen (secondary N) is 1. The third-order valence-corrected chi connectivity index (χ3v) is 8.44. The number of benzene rings is 2. The molecule has 0 aliphatic carbocycles. The highest BCUT2D eigenvalue weighted by Gasteiger charge is 2.18. The van der Waals surface area contributed by atoms with Gasteiger partial charge in [-0.3, -0.25) is 10.1 Å². The van der Waals surface area contributed by atoms with Gasteiger partial charge >= 0.3 is 0 Å². The van der Waals surface area contributed by atoms with Crippen LogP contribution < -0.4 is 19.5 Å². The molecule has 3 aromatic rings. The summed E-state index contributed by atoms with van der Waals surface area (Å²) in [5.74, 6) is 4.19. The number of rotatable bonds is 8. The van der Waals surface area contributed by atoms with Crippen molar-refractivity contribution in [1.82, 2.24) is 4.98 Å². The number of thioether (sulfide) groups is 2. The van der Waals surface area contributed by atoms with Crippen molar-refractivity contribution in [3.05, 3.63) is 53.4 Å². The minimum Gasteiger partial charge on any atom is -0.497 e. The Bertz CT molecular complexity index is 1030. The normalized spacial score (nSPS) is 13.7. The van der Waals surface area contributed by atoms with Crippen molar-refractivity contribution in [1.29, 1.82) is 0 Å². The van der Waals surface area contributed by atoms with Crippen LogP contribution in [0.1, 0.15) is 10.1 Å². The molecule has 0 saturated carbocycles. The molecule has 0 spiro atoms. The van der Waals surface area contributed by atoms with E-state index in [4.69, 9.17) is 14.2 Å². The molecule has 31 heavy (non-hydrogen) atoms. The van der Waals surface area contributed by atoms with Crippen LogP contribution in [0.2, 0.25) is 0 Å². The number of hydrogen-bond acceptors (Lipinski definition) is 8. The summed E-state index contributed by atoms with van der Waals surface area (Å²) in [5, 5.41) is 5.16. The maximum Gasteiger partial charge on any atom is 0.264 e. The number of ether oxygens (including phenoxy) is 3. The van der Waals surface area contributed by atoms with Crippen LogP contribution in [0.4, 0.5) is 5.13 Å². The minimum absolute atomic E-state index is 0.0797. The predicted octanol–water partition coefficient (Wildman–Crippen LogP) is 5.32. The van der Waals surface area contributed by atoms with Crippen LogP contribution in [-0.2, 0) is 4.79 Å². The third kappa shape index (κ3) is 5.47. The molecule has 1 aliphatic heterocycles. The molecule has 1 amide bonds. The molecule has 2 aromatic carbocycles. The highest BCUT2D eigenvalue weighted by molar-refractivity contribution is 8.19. The van der Waals surface area contributed by atoms with Crippen molar-refractivity contribution < 1.29 is 19.0 Å². The van der Waals surface area contributed by atoms with E-state index in [1.165, 1.54) is 28.4 Å². The van der Waals surface area contributed by atoms with Gasteiger partial charge in [0.1, 0.15) is 17.2 Å². The number of thiazole rings is 1. The van der Waals surface area contributed by atoms with Crippen molar-refractivity contribution in [3.63, 3.8) is 0 Å². The maximum absolute atomic E-state index is 12.3. The highest BCUT2D eigenvalue weighted by atomic mass is 32.2. The molecule has 0 atom stereocenters. The summed E-state index contributed by atoms with van der Waals surface area (Å²) in [6, 6.07) is 13.5.